The molecule has 0 atom stereocenters. The Bertz CT molecular complexity index is 1530. The van der Waals surface area contributed by atoms with Gasteiger partial charge in [0.05, 0.1) is 34.9 Å². The molecule has 2 aromatic carbocycles. The van der Waals surface area contributed by atoms with Gasteiger partial charge in [-0.25, -0.2) is 15.0 Å². The summed E-state index contributed by atoms with van der Waals surface area (Å²) in [6, 6.07) is 14.5. The highest BCUT2D eigenvalue weighted by Crippen LogP contribution is 2.28. The lowest BCUT2D eigenvalue weighted by atomic mass is 10.2. The molecule has 3 N–H and O–H groups in total. The minimum Gasteiger partial charge on any atom is -0.424 e. The molecule has 0 radical (unpaired) electrons. The van der Waals surface area contributed by atoms with Crippen molar-refractivity contribution in [2.45, 2.75) is 32.6 Å². The summed E-state index contributed by atoms with van der Waals surface area (Å²) in [5, 5.41) is 13.7. The van der Waals surface area contributed by atoms with Crippen molar-refractivity contribution < 1.29 is 17.9 Å². The zero-order valence-electron chi connectivity index (χ0n) is 20.1. The molecular formula is C25H22ClF3N8O. The topological polar surface area (TPSA) is 106 Å². The van der Waals surface area contributed by atoms with E-state index in [-0.39, 0.29) is 12.6 Å². The van der Waals surface area contributed by atoms with Crippen molar-refractivity contribution in [1.29, 1.82) is 0 Å². The first-order valence-corrected chi connectivity index (χ1v) is 11.9. The number of anilines is 3. The molecule has 0 bridgehead atoms. The number of aryl methyl sites for hydroxylation is 2. The minimum absolute atomic E-state index is 0.162. The van der Waals surface area contributed by atoms with Crippen LogP contribution in [0.1, 0.15) is 17.7 Å². The maximum absolute atomic E-state index is 13.1. The SMILES string of the molecule is Cc1cc(Nc2ccc3nc(NCc4ccc(Oc5ncc(Cl)cn5)cc4)n(CCC(F)(F)F)c3c2)n[nH]1. The van der Waals surface area contributed by atoms with Gasteiger partial charge in [-0.05, 0) is 42.8 Å². The Balaban J connectivity index is 1.33. The van der Waals surface area contributed by atoms with Crippen LogP contribution >= 0.6 is 11.6 Å². The van der Waals surface area contributed by atoms with Crippen molar-refractivity contribution in [2.75, 3.05) is 10.6 Å². The van der Waals surface area contributed by atoms with E-state index in [0.29, 0.717) is 45.8 Å². The lowest BCUT2D eigenvalue weighted by molar-refractivity contribution is -0.136. The average Bonchev–Trinajstić information content (AvgIpc) is 3.45. The molecule has 9 nitrogen and oxygen atoms in total. The van der Waals surface area contributed by atoms with E-state index in [2.05, 4.69) is 35.8 Å². The maximum Gasteiger partial charge on any atom is 0.390 e. The first-order chi connectivity index (χ1) is 18.2. The molecule has 0 unspecified atom stereocenters. The molecule has 0 saturated carbocycles. The van der Waals surface area contributed by atoms with Crippen LogP contribution in [-0.4, -0.2) is 35.9 Å². The van der Waals surface area contributed by atoms with Crippen molar-refractivity contribution in [3.8, 4) is 11.8 Å². The maximum atomic E-state index is 13.1. The lowest BCUT2D eigenvalue weighted by Crippen LogP contribution is -2.14. The number of alkyl halides is 3. The standard InChI is InChI=1S/C25H22ClF3N8O/c1-15-10-22(36-35-15)33-18-4-7-20-21(11-18)37(9-8-25(27,28)29)23(34-20)30-12-16-2-5-19(6-3-16)38-24-31-13-17(26)14-32-24/h2-7,10-11,13-14H,8-9,12H2,1H3,(H,30,34)(H2,33,35,36). The molecule has 0 aliphatic rings. The third-order valence-corrected chi connectivity index (χ3v) is 5.72. The van der Waals surface area contributed by atoms with E-state index in [0.717, 1.165) is 11.3 Å². The number of H-pyrrole nitrogens is 1. The van der Waals surface area contributed by atoms with Gasteiger partial charge in [0.15, 0.2) is 5.82 Å². The van der Waals surface area contributed by atoms with Crippen LogP contribution in [0.5, 0.6) is 11.8 Å². The van der Waals surface area contributed by atoms with Gasteiger partial charge in [-0.2, -0.15) is 18.3 Å². The zero-order valence-corrected chi connectivity index (χ0v) is 20.8. The second-order valence-corrected chi connectivity index (χ2v) is 8.94. The van der Waals surface area contributed by atoms with Crippen LogP contribution in [0.3, 0.4) is 0 Å². The second-order valence-electron chi connectivity index (χ2n) is 8.50. The smallest absolute Gasteiger partial charge is 0.390 e. The number of halogens is 4. The Labute approximate surface area is 220 Å². The van der Waals surface area contributed by atoms with E-state index >= 15 is 0 Å². The summed E-state index contributed by atoms with van der Waals surface area (Å²) >= 11 is 5.78. The first kappa shape index (κ1) is 25.3. The molecule has 5 rings (SSSR count). The quantitative estimate of drug-likeness (QED) is 0.192. The zero-order chi connectivity index (χ0) is 26.7. The Morgan fingerprint density at radius 3 is 2.50 bits per heavy atom. The van der Waals surface area contributed by atoms with Crippen molar-refractivity contribution >= 4 is 40.1 Å². The van der Waals surface area contributed by atoms with E-state index in [1.165, 1.54) is 12.4 Å². The molecule has 0 saturated heterocycles. The van der Waals surface area contributed by atoms with Crippen molar-refractivity contribution in [1.82, 2.24) is 29.7 Å². The highest BCUT2D eigenvalue weighted by Gasteiger charge is 2.27. The van der Waals surface area contributed by atoms with E-state index in [1.54, 1.807) is 34.9 Å². The highest BCUT2D eigenvalue weighted by atomic mass is 35.5. The normalized spacial score (nSPS) is 11.6. The third-order valence-electron chi connectivity index (χ3n) is 5.53. The molecular weight excluding hydrogens is 521 g/mol. The number of fused-ring (bicyclic) bond motifs is 1. The van der Waals surface area contributed by atoms with E-state index in [9.17, 15) is 13.2 Å². The predicted molar refractivity (Wildman–Crippen MR) is 138 cm³/mol. The molecule has 0 spiro atoms. The van der Waals surface area contributed by atoms with Crippen LogP contribution in [0.4, 0.5) is 30.6 Å². The molecule has 0 fully saturated rings. The summed E-state index contributed by atoms with van der Waals surface area (Å²) in [7, 11) is 0. The van der Waals surface area contributed by atoms with Gasteiger partial charge in [0.1, 0.15) is 5.75 Å². The fourth-order valence-corrected chi connectivity index (χ4v) is 3.84. The van der Waals surface area contributed by atoms with Gasteiger partial charge in [-0.3, -0.25) is 5.10 Å². The predicted octanol–water partition coefficient (Wildman–Crippen LogP) is 6.61. The Kier molecular flexibility index (Phi) is 7.05. The van der Waals surface area contributed by atoms with Gasteiger partial charge < -0.3 is 19.9 Å². The summed E-state index contributed by atoms with van der Waals surface area (Å²) in [5.41, 5.74) is 3.59. The average molecular weight is 543 g/mol. The third kappa shape index (κ3) is 6.32. The number of nitrogens with zero attached hydrogens (tertiary/aromatic N) is 5. The fraction of sp³-hybridized carbons (Fsp3) is 0.200. The number of imidazole rings is 1. The van der Waals surface area contributed by atoms with Gasteiger partial charge in [0.25, 0.3) is 0 Å². The molecule has 13 heteroatoms. The monoisotopic (exact) mass is 542 g/mol. The van der Waals surface area contributed by atoms with Crippen molar-refractivity contribution in [3.63, 3.8) is 0 Å². The molecule has 5 aromatic rings. The molecule has 0 aliphatic heterocycles. The van der Waals surface area contributed by atoms with Gasteiger partial charge in [-0.15, -0.1) is 0 Å². The van der Waals surface area contributed by atoms with Crippen LogP contribution in [0.25, 0.3) is 11.0 Å². The van der Waals surface area contributed by atoms with E-state index in [1.807, 2.05) is 25.1 Å². The summed E-state index contributed by atoms with van der Waals surface area (Å²) in [6.07, 6.45) is -2.42. The van der Waals surface area contributed by atoms with Crippen molar-refractivity contribution in [3.05, 3.63) is 77.2 Å². The van der Waals surface area contributed by atoms with E-state index in [4.69, 9.17) is 16.3 Å². The molecule has 3 heterocycles. The number of hydrogen-bond acceptors (Lipinski definition) is 7. The van der Waals surface area contributed by atoms with Gasteiger partial charge in [-0.1, -0.05) is 23.7 Å². The minimum atomic E-state index is -4.31. The first-order valence-electron chi connectivity index (χ1n) is 11.6. The number of rotatable bonds is 9. The molecule has 0 amide bonds. The second kappa shape index (κ2) is 10.6. The lowest BCUT2D eigenvalue weighted by Gasteiger charge is -2.13. The summed E-state index contributed by atoms with van der Waals surface area (Å²) in [4.78, 5) is 12.5. The number of aromatic nitrogens is 6. The van der Waals surface area contributed by atoms with Gasteiger partial charge in [0, 0.05) is 30.5 Å². The largest absolute Gasteiger partial charge is 0.424 e. The van der Waals surface area contributed by atoms with E-state index < -0.39 is 12.6 Å². The Hall–Kier alpha value is -4.32. The van der Waals surface area contributed by atoms with Gasteiger partial charge in [0.2, 0.25) is 5.95 Å². The number of benzene rings is 2. The number of ether oxygens (including phenoxy) is 1. The van der Waals surface area contributed by atoms with Crippen LogP contribution < -0.4 is 15.4 Å². The molecule has 38 heavy (non-hydrogen) atoms. The summed E-state index contributed by atoms with van der Waals surface area (Å²) in [6.45, 7) is 1.94. The summed E-state index contributed by atoms with van der Waals surface area (Å²) < 4.78 is 46.5. The van der Waals surface area contributed by atoms with Crippen molar-refractivity contribution in [2.24, 2.45) is 0 Å². The number of nitrogens with one attached hydrogen (secondary N) is 3. The molecule has 3 aromatic heterocycles. The molecule has 196 valence electrons. The Morgan fingerprint density at radius 1 is 1.05 bits per heavy atom. The van der Waals surface area contributed by atoms with Crippen LogP contribution in [0.2, 0.25) is 5.02 Å². The number of aromatic amines is 1. The number of hydrogen-bond donors (Lipinski definition) is 3. The van der Waals surface area contributed by atoms with Gasteiger partial charge >= 0.3 is 12.2 Å². The highest BCUT2D eigenvalue weighted by molar-refractivity contribution is 6.30. The summed E-state index contributed by atoms with van der Waals surface area (Å²) in [5.74, 6) is 1.48. The van der Waals surface area contributed by atoms with Crippen LogP contribution in [-0.2, 0) is 13.1 Å². The Morgan fingerprint density at radius 2 is 1.82 bits per heavy atom. The fourth-order valence-electron chi connectivity index (χ4n) is 3.75. The van der Waals surface area contributed by atoms with Crippen LogP contribution in [0, 0.1) is 6.92 Å². The molecule has 0 aliphatic carbocycles. The van der Waals surface area contributed by atoms with Crippen LogP contribution in [0.15, 0.2) is 60.9 Å².